The van der Waals surface area contributed by atoms with Crippen molar-refractivity contribution in [2.45, 2.75) is 23.4 Å². The highest BCUT2D eigenvalue weighted by atomic mass is 32.2. The van der Waals surface area contributed by atoms with Crippen molar-refractivity contribution < 1.29 is 35.8 Å². The molecular formula is C18H22N6O8S2. The largest absolute Gasteiger partial charge is 0.492 e. The molecule has 14 nitrogen and oxygen atoms in total. The molecular weight excluding hydrogens is 492 g/mol. The predicted octanol–water partition coefficient (Wildman–Crippen LogP) is 0.844. The smallest absolute Gasteiger partial charge is 0.335 e. The number of carbonyl (C=O) groups excluding carboxylic acids is 1. The van der Waals surface area contributed by atoms with Gasteiger partial charge in [-0.3, -0.25) is 9.72 Å². The fourth-order valence-electron chi connectivity index (χ4n) is 2.74. The molecule has 0 aliphatic rings. The average molecular weight is 515 g/mol. The number of fused-ring (bicyclic) bond motifs is 1. The van der Waals surface area contributed by atoms with Crippen LogP contribution in [0.1, 0.15) is 13.3 Å². The van der Waals surface area contributed by atoms with E-state index in [4.69, 9.17) is 14.2 Å². The number of ether oxygens (including phenoxy) is 3. The summed E-state index contributed by atoms with van der Waals surface area (Å²) in [4.78, 5) is 24.1. The van der Waals surface area contributed by atoms with Crippen molar-refractivity contribution in [2.24, 2.45) is 0 Å². The Balaban J connectivity index is 2.01. The van der Waals surface area contributed by atoms with E-state index in [0.29, 0.717) is 13.0 Å². The van der Waals surface area contributed by atoms with Crippen LogP contribution in [0.3, 0.4) is 0 Å². The van der Waals surface area contributed by atoms with Gasteiger partial charge >= 0.3 is 6.03 Å². The Kier molecular flexibility index (Phi) is 7.11. The van der Waals surface area contributed by atoms with Crippen LogP contribution in [0.5, 0.6) is 17.5 Å². The Morgan fingerprint density at radius 1 is 1.06 bits per heavy atom. The lowest BCUT2D eigenvalue weighted by molar-refractivity contribution is 0.256. The molecule has 16 heteroatoms. The fraction of sp³-hybridized carbons (Fsp3) is 0.333. The maximum absolute atomic E-state index is 13.1. The van der Waals surface area contributed by atoms with E-state index in [9.17, 15) is 21.6 Å². The van der Waals surface area contributed by atoms with Gasteiger partial charge in [-0.05, 0) is 18.6 Å². The van der Waals surface area contributed by atoms with Gasteiger partial charge in [-0.1, -0.05) is 6.92 Å². The third-order valence-corrected chi connectivity index (χ3v) is 6.62. The minimum atomic E-state index is -4.76. The molecule has 3 aromatic heterocycles. The predicted molar refractivity (Wildman–Crippen MR) is 119 cm³/mol. The summed E-state index contributed by atoms with van der Waals surface area (Å²) in [5.41, 5.74) is 0.0194. The molecule has 0 atom stereocenters. The number of urea groups is 1. The van der Waals surface area contributed by atoms with Gasteiger partial charge in [-0.15, -0.1) is 0 Å². The number of nitrogens with zero attached hydrogens (tertiary/aromatic N) is 4. The summed E-state index contributed by atoms with van der Waals surface area (Å²) < 4.78 is 69.0. The lowest BCUT2D eigenvalue weighted by atomic mass is 10.4. The normalized spacial score (nSPS) is 11.8. The van der Waals surface area contributed by atoms with Crippen LogP contribution < -0.4 is 24.2 Å². The van der Waals surface area contributed by atoms with Gasteiger partial charge in [0.1, 0.15) is 11.4 Å². The molecule has 3 aromatic rings. The molecule has 0 aromatic carbocycles. The van der Waals surface area contributed by atoms with Crippen molar-refractivity contribution in [3.8, 4) is 17.5 Å². The molecule has 0 aliphatic carbocycles. The van der Waals surface area contributed by atoms with E-state index in [2.05, 4.69) is 20.3 Å². The van der Waals surface area contributed by atoms with E-state index in [1.807, 2.05) is 6.92 Å². The zero-order valence-electron chi connectivity index (χ0n) is 18.6. The van der Waals surface area contributed by atoms with Gasteiger partial charge < -0.3 is 14.2 Å². The topological polar surface area (TPSA) is 180 Å². The average Bonchev–Trinajstić information content (AvgIpc) is 3.17. The summed E-state index contributed by atoms with van der Waals surface area (Å²) in [6.07, 6.45) is 2.77. The zero-order valence-corrected chi connectivity index (χ0v) is 20.2. The molecule has 2 amide bonds. The van der Waals surface area contributed by atoms with Crippen LogP contribution >= 0.6 is 0 Å². The maximum Gasteiger partial charge on any atom is 0.335 e. The quantitative estimate of drug-likeness (QED) is 0.413. The number of pyridine rings is 1. The minimum absolute atomic E-state index is 0.0194. The number of hydrogen-bond acceptors (Lipinski definition) is 11. The Morgan fingerprint density at radius 2 is 1.71 bits per heavy atom. The highest BCUT2D eigenvalue weighted by Crippen LogP contribution is 2.25. The second kappa shape index (κ2) is 9.68. The van der Waals surface area contributed by atoms with Gasteiger partial charge in [0.25, 0.3) is 10.0 Å². The number of sulfonamides is 1. The number of anilines is 1. The number of amides is 2. The first kappa shape index (κ1) is 25.0. The van der Waals surface area contributed by atoms with Crippen LogP contribution in [-0.4, -0.2) is 69.3 Å². The van der Waals surface area contributed by atoms with Gasteiger partial charge in [-0.2, -0.15) is 18.4 Å². The van der Waals surface area contributed by atoms with E-state index < -0.39 is 35.9 Å². The van der Waals surface area contributed by atoms with Crippen molar-refractivity contribution >= 4 is 37.5 Å². The third-order valence-electron chi connectivity index (χ3n) is 4.15. The molecule has 3 rings (SSSR count). The van der Waals surface area contributed by atoms with Crippen LogP contribution in [0, 0.1) is 0 Å². The Morgan fingerprint density at radius 3 is 2.26 bits per heavy atom. The molecule has 3 heterocycles. The van der Waals surface area contributed by atoms with Crippen LogP contribution in [0.4, 0.5) is 10.7 Å². The SMILES string of the molecule is CCCOc1ccc2nc(S(C)(=O)=O)c(S(=O)(=O)NC(=O)Nc3nc(OC)cc(OC)n3)n2c1. The van der Waals surface area contributed by atoms with Gasteiger partial charge in [0.15, 0.2) is 19.9 Å². The fourth-order valence-corrected chi connectivity index (χ4v) is 5.27. The lowest BCUT2D eigenvalue weighted by Gasteiger charge is -2.11. The molecule has 0 saturated carbocycles. The molecule has 0 saturated heterocycles. The molecule has 0 spiro atoms. The zero-order chi connectivity index (χ0) is 25.1. The van der Waals surface area contributed by atoms with Crippen molar-refractivity contribution in [3.05, 3.63) is 24.4 Å². The first-order valence-electron chi connectivity index (χ1n) is 9.64. The number of aromatic nitrogens is 4. The number of hydrogen-bond donors (Lipinski definition) is 2. The number of rotatable bonds is 9. The molecule has 0 unspecified atom stereocenters. The first-order valence-corrected chi connectivity index (χ1v) is 13.0. The molecule has 0 aliphatic heterocycles. The van der Waals surface area contributed by atoms with Crippen molar-refractivity contribution in [1.82, 2.24) is 24.1 Å². The van der Waals surface area contributed by atoms with Gasteiger partial charge in [0.2, 0.25) is 17.7 Å². The Labute approximate surface area is 195 Å². The molecule has 34 heavy (non-hydrogen) atoms. The standard InChI is InChI=1S/C18H22N6O8S2/c1-5-8-32-11-6-7-12-19-15(33(4,26)27)16(24(12)10-11)34(28,29)23-18(25)22-17-20-13(30-2)9-14(21-17)31-3/h6-7,9-10H,5,8H2,1-4H3,(H2,20,21,22,23,25). The Bertz CT molecular complexity index is 1410. The summed E-state index contributed by atoms with van der Waals surface area (Å²) in [5, 5.41) is 0.645. The summed E-state index contributed by atoms with van der Waals surface area (Å²) in [7, 11) is -6.21. The van der Waals surface area contributed by atoms with Crippen molar-refractivity contribution in [2.75, 3.05) is 32.4 Å². The van der Waals surface area contributed by atoms with E-state index in [1.54, 1.807) is 4.72 Å². The number of imidazole rings is 1. The lowest BCUT2D eigenvalue weighted by Crippen LogP contribution is -2.36. The van der Waals surface area contributed by atoms with Crippen LogP contribution in [0.2, 0.25) is 0 Å². The third kappa shape index (κ3) is 5.45. The highest BCUT2D eigenvalue weighted by molar-refractivity contribution is 7.93. The number of nitrogens with one attached hydrogen (secondary N) is 2. The molecule has 0 fully saturated rings. The summed E-state index contributed by atoms with van der Waals surface area (Å²) in [6, 6.07) is 3.00. The highest BCUT2D eigenvalue weighted by Gasteiger charge is 2.32. The van der Waals surface area contributed by atoms with Crippen molar-refractivity contribution in [1.29, 1.82) is 0 Å². The number of methoxy groups -OCH3 is 2. The second-order valence-electron chi connectivity index (χ2n) is 6.77. The van der Waals surface area contributed by atoms with E-state index >= 15 is 0 Å². The van der Waals surface area contributed by atoms with Gasteiger partial charge in [0, 0.05) is 6.26 Å². The van der Waals surface area contributed by atoms with Gasteiger partial charge in [0.05, 0.1) is 33.1 Å². The van der Waals surface area contributed by atoms with Crippen LogP contribution in [0.25, 0.3) is 5.65 Å². The Hall–Kier alpha value is -3.66. The molecule has 2 N–H and O–H groups in total. The number of sulfone groups is 1. The summed E-state index contributed by atoms with van der Waals surface area (Å²) in [5.74, 6) is 0.0572. The maximum atomic E-state index is 13.1. The van der Waals surface area contributed by atoms with Crippen LogP contribution in [-0.2, 0) is 19.9 Å². The van der Waals surface area contributed by atoms with E-state index in [1.165, 1.54) is 38.6 Å². The molecule has 184 valence electrons. The molecule has 0 bridgehead atoms. The first-order chi connectivity index (χ1) is 16.0. The van der Waals surface area contributed by atoms with E-state index in [-0.39, 0.29) is 29.1 Å². The molecule has 0 radical (unpaired) electrons. The monoisotopic (exact) mass is 514 g/mol. The summed E-state index contributed by atoms with van der Waals surface area (Å²) in [6.45, 7) is 2.24. The number of carbonyl (C=O) groups is 1. The summed E-state index contributed by atoms with van der Waals surface area (Å²) >= 11 is 0. The van der Waals surface area contributed by atoms with Gasteiger partial charge in [-0.25, -0.2) is 22.9 Å². The second-order valence-corrected chi connectivity index (χ2v) is 10.3. The van der Waals surface area contributed by atoms with Crippen LogP contribution in [0.15, 0.2) is 34.4 Å². The van der Waals surface area contributed by atoms with E-state index in [0.717, 1.165) is 10.7 Å². The minimum Gasteiger partial charge on any atom is -0.492 e. The van der Waals surface area contributed by atoms with Crippen molar-refractivity contribution in [3.63, 3.8) is 0 Å².